The highest BCUT2D eigenvalue weighted by Gasteiger charge is 2.18. The molecule has 0 amide bonds. The number of rotatable bonds is 2. The molecule has 0 bridgehead atoms. The van der Waals surface area contributed by atoms with Crippen molar-refractivity contribution in [3.63, 3.8) is 0 Å². The first-order valence-corrected chi connectivity index (χ1v) is 6.01. The van der Waals surface area contributed by atoms with Gasteiger partial charge in [0.05, 0.1) is 12.2 Å². The molecule has 92 valence electrons. The number of benzene rings is 1. The second kappa shape index (κ2) is 4.29. The van der Waals surface area contributed by atoms with Gasteiger partial charge in [-0.1, -0.05) is 6.07 Å². The van der Waals surface area contributed by atoms with Crippen molar-refractivity contribution in [2.45, 2.75) is 19.9 Å². The second-order valence-electron chi connectivity index (χ2n) is 4.45. The molecule has 4 nitrogen and oxygen atoms in total. The Kier molecular flexibility index (Phi) is 2.63. The monoisotopic (exact) mass is 242 g/mol. The van der Waals surface area contributed by atoms with Gasteiger partial charge in [-0.2, -0.15) is 0 Å². The Morgan fingerprint density at radius 1 is 1.44 bits per heavy atom. The van der Waals surface area contributed by atoms with E-state index in [1.54, 1.807) is 6.20 Å². The van der Waals surface area contributed by atoms with Gasteiger partial charge in [-0.05, 0) is 24.6 Å². The van der Waals surface area contributed by atoms with Crippen LogP contribution >= 0.6 is 0 Å². The van der Waals surface area contributed by atoms with Gasteiger partial charge in [-0.3, -0.25) is 4.79 Å². The quantitative estimate of drug-likeness (QED) is 0.811. The third kappa shape index (κ3) is 1.90. The Bertz CT molecular complexity index is 602. The van der Waals surface area contributed by atoms with Crippen molar-refractivity contribution in [3.05, 3.63) is 47.5 Å². The van der Waals surface area contributed by atoms with Gasteiger partial charge in [0.2, 0.25) is 0 Å². The molecule has 0 radical (unpaired) electrons. The van der Waals surface area contributed by atoms with Crippen molar-refractivity contribution in [1.82, 2.24) is 9.55 Å². The normalized spacial score (nSPS) is 14.2. The molecule has 1 aromatic heterocycles. The molecule has 0 unspecified atom stereocenters. The molecular weight excluding hydrogens is 228 g/mol. The fraction of sp³-hybridized carbons (Fsp3) is 0.286. The summed E-state index contributed by atoms with van der Waals surface area (Å²) >= 11 is 0. The lowest BCUT2D eigenvalue weighted by Crippen LogP contribution is -2.15. The van der Waals surface area contributed by atoms with Crippen LogP contribution in [0.1, 0.15) is 28.2 Å². The third-order valence-corrected chi connectivity index (χ3v) is 3.21. The lowest BCUT2D eigenvalue weighted by Gasteiger charge is -2.17. The molecule has 0 N–H and O–H groups in total. The van der Waals surface area contributed by atoms with Crippen molar-refractivity contribution in [3.8, 4) is 5.75 Å². The van der Waals surface area contributed by atoms with Gasteiger partial charge < -0.3 is 9.30 Å². The molecule has 2 heterocycles. The summed E-state index contributed by atoms with van der Waals surface area (Å²) in [5.41, 5.74) is 1.80. The number of hydrogen-bond donors (Lipinski definition) is 0. The summed E-state index contributed by atoms with van der Waals surface area (Å²) in [4.78, 5) is 16.0. The number of carbonyl (C=O) groups excluding carboxylic acids is 1. The Balaban J connectivity index is 1.92. The van der Waals surface area contributed by atoms with E-state index < -0.39 is 0 Å². The summed E-state index contributed by atoms with van der Waals surface area (Å²) in [7, 11) is 0. The maximum absolute atomic E-state index is 11.8. The number of hydrogen-bond acceptors (Lipinski definition) is 3. The molecule has 0 aliphatic carbocycles. The van der Waals surface area contributed by atoms with Gasteiger partial charge in [-0.25, -0.2) is 4.98 Å². The summed E-state index contributed by atoms with van der Waals surface area (Å²) in [6, 6.07) is 5.81. The third-order valence-electron chi connectivity index (χ3n) is 3.21. The first-order valence-electron chi connectivity index (χ1n) is 6.01. The fourth-order valence-electron chi connectivity index (χ4n) is 2.18. The predicted molar refractivity (Wildman–Crippen MR) is 67.0 cm³/mol. The standard InChI is InChI=1S/C14H14N2O2/c1-10-15-5-6-16(10)9-11-2-3-14-12(8-11)13(17)4-7-18-14/h2-3,5-6,8H,4,7,9H2,1H3. The Morgan fingerprint density at radius 2 is 2.33 bits per heavy atom. The molecule has 18 heavy (non-hydrogen) atoms. The van der Waals surface area contributed by atoms with Crippen molar-refractivity contribution in [2.24, 2.45) is 0 Å². The van der Waals surface area contributed by atoms with Crippen LogP contribution < -0.4 is 4.74 Å². The van der Waals surface area contributed by atoms with Crippen molar-refractivity contribution < 1.29 is 9.53 Å². The number of aromatic nitrogens is 2. The Morgan fingerprint density at radius 3 is 3.11 bits per heavy atom. The zero-order valence-electron chi connectivity index (χ0n) is 10.2. The maximum atomic E-state index is 11.8. The number of ketones is 1. The molecule has 1 aromatic carbocycles. The minimum absolute atomic E-state index is 0.167. The van der Waals surface area contributed by atoms with Gasteiger partial charge >= 0.3 is 0 Å². The smallest absolute Gasteiger partial charge is 0.170 e. The molecule has 1 aliphatic rings. The Labute approximate surface area is 105 Å². The number of aryl methyl sites for hydroxylation is 1. The minimum Gasteiger partial charge on any atom is -0.492 e. The molecule has 0 saturated heterocycles. The van der Waals surface area contributed by atoms with Gasteiger partial charge in [-0.15, -0.1) is 0 Å². The first kappa shape index (κ1) is 11.0. The van der Waals surface area contributed by atoms with E-state index in [0.717, 1.165) is 17.9 Å². The molecule has 0 spiro atoms. The van der Waals surface area contributed by atoms with Crippen LogP contribution in [-0.4, -0.2) is 21.9 Å². The summed E-state index contributed by atoms with van der Waals surface area (Å²) < 4.78 is 7.52. The lowest BCUT2D eigenvalue weighted by molar-refractivity contribution is 0.0933. The van der Waals surface area contributed by atoms with Crippen molar-refractivity contribution in [2.75, 3.05) is 6.61 Å². The summed E-state index contributed by atoms with van der Waals surface area (Å²) in [6.45, 7) is 3.19. The zero-order valence-corrected chi connectivity index (χ0v) is 10.2. The topological polar surface area (TPSA) is 44.1 Å². The largest absolute Gasteiger partial charge is 0.492 e. The van der Waals surface area contributed by atoms with Crippen LogP contribution in [0.25, 0.3) is 0 Å². The Hall–Kier alpha value is -2.10. The number of fused-ring (bicyclic) bond motifs is 1. The van der Waals surface area contributed by atoms with Crippen LogP contribution in [0, 0.1) is 6.92 Å². The molecule has 0 fully saturated rings. The highest BCUT2D eigenvalue weighted by atomic mass is 16.5. The zero-order chi connectivity index (χ0) is 12.5. The number of ether oxygens (including phenoxy) is 1. The van der Waals surface area contributed by atoms with Crippen LogP contribution in [0.3, 0.4) is 0 Å². The van der Waals surface area contributed by atoms with Crippen LogP contribution in [0.2, 0.25) is 0 Å². The van der Waals surface area contributed by atoms with Gasteiger partial charge in [0.15, 0.2) is 5.78 Å². The molecular formula is C14H14N2O2. The van der Waals surface area contributed by atoms with Gasteiger partial charge in [0.1, 0.15) is 11.6 Å². The van der Waals surface area contributed by atoms with Gasteiger partial charge in [0.25, 0.3) is 0 Å². The van der Waals surface area contributed by atoms with Crippen LogP contribution in [0.5, 0.6) is 5.75 Å². The maximum Gasteiger partial charge on any atom is 0.170 e. The van der Waals surface area contributed by atoms with E-state index in [4.69, 9.17) is 4.74 Å². The number of Topliss-reactive ketones (excluding diaryl/α,β-unsaturated/α-hetero) is 1. The lowest BCUT2D eigenvalue weighted by atomic mass is 10.0. The minimum atomic E-state index is 0.167. The van der Waals surface area contributed by atoms with Crippen LogP contribution in [0.15, 0.2) is 30.6 Å². The van der Waals surface area contributed by atoms with E-state index in [-0.39, 0.29) is 5.78 Å². The molecule has 1 aliphatic heterocycles. The predicted octanol–water partition coefficient (Wildman–Crippen LogP) is 2.21. The van der Waals surface area contributed by atoms with Crippen molar-refractivity contribution in [1.29, 1.82) is 0 Å². The number of imidazole rings is 1. The van der Waals surface area contributed by atoms with E-state index in [0.29, 0.717) is 24.3 Å². The van der Waals surface area contributed by atoms with E-state index >= 15 is 0 Å². The number of nitrogens with zero attached hydrogens (tertiary/aromatic N) is 2. The summed E-state index contributed by atoms with van der Waals surface area (Å²) in [6.07, 6.45) is 4.19. The van der Waals surface area contributed by atoms with Crippen LogP contribution in [-0.2, 0) is 6.54 Å². The first-order chi connectivity index (χ1) is 8.74. The van der Waals surface area contributed by atoms with E-state index in [9.17, 15) is 4.79 Å². The van der Waals surface area contributed by atoms with E-state index in [2.05, 4.69) is 9.55 Å². The molecule has 0 atom stereocenters. The molecule has 3 rings (SSSR count). The SMILES string of the molecule is Cc1nccn1Cc1ccc2c(c1)C(=O)CCO2. The summed E-state index contributed by atoms with van der Waals surface area (Å²) in [5.74, 6) is 1.84. The highest BCUT2D eigenvalue weighted by Crippen LogP contribution is 2.26. The summed E-state index contributed by atoms with van der Waals surface area (Å²) in [5, 5.41) is 0. The average Bonchev–Trinajstić information content (AvgIpc) is 2.76. The average molecular weight is 242 g/mol. The molecule has 0 saturated carbocycles. The molecule has 4 heteroatoms. The van der Waals surface area contributed by atoms with Gasteiger partial charge in [0, 0.05) is 25.4 Å². The van der Waals surface area contributed by atoms with Crippen molar-refractivity contribution >= 4 is 5.78 Å². The van der Waals surface area contributed by atoms with E-state index in [1.165, 1.54) is 0 Å². The highest BCUT2D eigenvalue weighted by molar-refractivity contribution is 5.99. The van der Waals surface area contributed by atoms with E-state index in [1.807, 2.05) is 31.3 Å². The second-order valence-corrected chi connectivity index (χ2v) is 4.45. The van der Waals surface area contributed by atoms with Crippen LogP contribution in [0.4, 0.5) is 0 Å². The molecule has 2 aromatic rings. The fourth-order valence-corrected chi connectivity index (χ4v) is 2.18. The number of carbonyl (C=O) groups is 1.